The van der Waals surface area contributed by atoms with Crippen LogP contribution in [0.2, 0.25) is 0 Å². The normalized spacial score (nSPS) is 16.3. The maximum absolute atomic E-state index is 5.38. The molecule has 1 aliphatic heterocycles. The molecule has 2 heterocycles. The minimum Gasteiger partial charge on any atom is -0.497 e. The van der Waals surface area contributed by atoms with E-state index >= 15 is 0 Å². The molecule has 1 aromatic carbocycles. The molecule has 1 saturated heterocycles. The number of methoxy groups -OCH3 is 2. The highest BCUT2D eigenvalue weighted by molar-refractivity contribution is 14.0. The lowest BCUT2D eigenvalue weighted by molar-refractivity contribution is 0.119. The third-order valence-corrected chi connectivity index (χ3v) is 6.83. The fourth-order valence-corrected chi connectivity index (χ4v) is 4.75. The molecule has 178 valence electrons. The van der Waals surface area contributed by atoms with Crippen LogP contribution in [-0.2, 0) is 11.3 Å². The second-order valence-electron chi connectivity index (χ2n) is 7.87. The Bertz CT molecular complexity index is 839. The van der Waals surface area contributed by atoms with E-state index in [4.69, 9.17) is 14.5 Å². The highest BCUT2D eigenvalue weighted by Gasteiger charge is 2.24. The smallest absolute Gasteiger partial charge is 0.193 e. The van der Waals surface area contributed by atoms with E-state index in [9.17, 15) is 0 Å². The summed E-state index contributed by atoms with van der Waals surface area (Å²) in [5.74, 6) is 1.75. The Morgan fingerprint density at radius 3 is 2.53 bits per heavy atom. The Kier molecular flexibility index (Phi) is 11.2. The number of thiazole rings is 1. The molecule has 2 aromatic rings. The standard InChI is InChI=1S/C23H35N5O2S.HI/c1-17(29-4)22-26-19(16-31-22)15-27(3)23(24-2)25-14-21(28-12-6-7-13-28)18-8-10-20(30-5)11-9-18;/h8-11,16-17,21H,6-7,12-15H2,1-5H3,(H,24,25);1H. The Balaban J connectivity index is 0.00000363. The second kappa shape index (κ2) is 13.3. The zero-order valence-electron chi connectivity index (χ0n) is 19.7. The van der Waals surface area contributed by atoms with Crippen molar-refractivity contribution in [2.75, 3.05) is 47.9 Å². The van der Waals surface area contributed by atoms with Gasteiger partial charge in [0.25, 0.3) is 0 Å². The first-order chi connectivity index (χ1) is 15.0. The van der Waals surface area contributed by atoms with Crippen molar-refractivity contribution in [3.8, 4) is 5.75 Å². The molecule has 0 aliphatic carbocycles. The predicted molar refractivity (Wildman–Crippen MR) is 142 cm³/mol. The molecular weight excluding hydrogens is 537 g/mol. The average Bonchev–Trinajstić information content (AvgIpc) is 3.49. The van der Waals surface area contributed by atoms with E-state index < -0.39 is 0 Å². The van der Waals surface area contributed by atoms with Gasteiger partial charge in [0.05, 0.1) is 25.4 Å². The van der Waals surface area contributed by atoms with E-state index in [-0.39, 0.29) is 30.1 Å². The quantitative estimate of drug-likeness (QED) is 0.274. The third kappa shape index (κ3) is 7.03. The summed E-state index contributed by atoms with van der Waals surface area (Å²) >= 11 is 1.64. The van der Waals surface area contributed by atoms with Crippen LogP contribution in [0.25, 0.3) is 0 Å². The van der Waals surface area contributed by atoms with E-state index in [1.807, 2.05) is 33.2 Å². The van der Waals surface area contributed by atoms with Gasteiger partial charge < -0.3 is 19.7 Å². The van der Waals surface area contributed by atoms with Crippen LogP contribution in [0.5, 0.6) is 5.75 Å². The lowest BCUT2D eigenvalue weighted by Gasteiger charge is -2.30. The van der Waals surface area contributed by atoms with Crippen molar-refractivity contribution in [2.45, 2.75) is 38.5 Å². The lowest BCUT2D eigenvalue weighted by Crippen LogP contribution is -2.43. The number of benzene rings is 1. The molecule has 0 amide bonds. The van der Waals surface area contributed by atoms with Crippen LogP contribution in [0.4, 0.5) is 0 Å². The summed E-state index contributed by atoms with van der Waals surface area (Å²) in [6.45, 7) is 5.78. The Morgan fingerprint density at radius 2 is 1.94 bits per heavy atom. The largest absolute Gasteiger partial charge is 0.497 e. The average molecular weight is 574 g/mol. The molecule has 9 heteroatoms. The number of guanidine groups is 1. The first kappa shape index (κ1) is 26.8. The van der Waals surface area contributed by atoms with Crippen molar-refractivity contribution in [3.63, 3.8) is 0 Å². The molecule has 0 radical (unpaired) electrons. The van der Waals surface area contributed by atoms with Crippen LogP contribution in [0.1, 0.15) is 48.2 Å². The molecule has 1 fully saturated rings. The number of rotatable bonds is 9. The van der Waals surface area contributed by atoms with Gasteiger partial charge in [-0.25, -0.2) is 4.98 Å². The van der Waals surface area contributed by atoms with Crippen molar-refractivity contribution in [2.24, 2.45) is 4.99 Å². The second-order valence-corrected chi connectivity index (χ2v) is 8.76. The van der Waals surface area contributed by atoms with Crippen LogP contribution in [0.15, 0.2) is 34.6 Å². The zero-order valence-corrected chi connectivity index (χ0v) is 22.9. The summed E-state index contributed by atoms with van der Waals surface area (Å²) < 4.78 is 10.7. The Labute approximate surface area is 213 Å². The summed E-state index contributed by atoms with van der Waals surface area (Å²) in [4.78, 5) is 13.9. The van der Waals surface area contributed by atoms with Crippen molar-refractivity contribution < 1.29 is 9.47 Å². The molecule has 7 nitrogen and oxygen atoms in total. The molecule has 3 rings (SSSR count). The molecule has 32 heavy (non-hydrogen) atoms. The van der Waals surface area contributed by atoms with Crippen molar-refractivity contribution in [1.82, 2.24) is 20.1 Å². The first-order valence-electron chi connectivity index (χ1n) is 10.8. The third-order valence-electron chi connectivity index (χ3n) is 5.78. The SMILES string of the molecule is CN=C(NCC(c1ccc(OC)cc1)N1CCCC1)N(C)Cc1csc(C(C)OC)n1.I. The van der Waals surface area contributed by atoms with Crippen LogP contribution in [-0.4, -0.2) is 68.7 Å². The number of nitrogens with one attached hydrogen (secondary N) is 1. The van der Waals surface area contributed by atoms with E-state index in [2.05, 4.69) is 37.6 Å². The Morgan fingerprint density at radius 1 is 1.25 bits per heavy atom. The van der Waals surface area contributed by atoms with Crippen molar-refractivity contribution >= 4 is 41.3 Å². The number of hydrogen-bond donors (Lipinski definition) is 1. The van der Waals surface area contributed by atoms with Gasteiger partial charge in [0, 0.05) is 33.1 Å². The van der Waals surface area contributed by atoms with Gasteiger partial charge in [0.1, 0.15) is 16.9 Å². The van der Waals surface area contributed by atoms with E-state index in [0.717, 1.165) is 42.0 Å². The number of ether oxygens (including phenoxy) is 2. The van der Waals surface area contributed by atoms with Crippen LogP contribution in [0.3, 0.4) is 0 Å². The highest BCUT2D eigenvalue weighted by atomic mass is 127. The Hall–Kier alpha value is -1.43. The van der Waals surface area contributed by atoms with Crippen LogP contribution in [0, 0.1) is 0 Å². The van der Waals surface area contributed by atoms with E-state index in [0.29, 0.717) is 12.6 Å². The maximum atomic E-state index is 5.38. The summed E-state index contributed by atoms with van der Waals surface area (Å²) in [5.41, 5.74) is 2.33. The summed E-state index contributed by atoms with van der Waals surface area (Å²) in [6.07, 6.45) is 2.54. The van der Waals surface area contributed by atoms with Gasteiger partial charge in [-0.05, 0) is 50.6 Å². The fourth-order valence-electron chi connectivity index (χ4n) is 3.91. The van der Waals surface area contributed by atoms with Gasteiger partial charge >= 0.3 is 0 Å². The lowest BCUT2D eigenvalue weighted by atomic mass is 10.1. The van der Waals surface area contributed by atoms with Crippen molar-refractivity contribution in [3.05, 3.63) is 45.9 Å². The molecule has 1 aliphatic rings. The molecule has 0 bridgehead atoms. The summed E-state index contributed by atoms with van der Waals surface area (Å²) in [5, 5.41) is 6.69. The number of hydrogen-bond acceptors (Lipinski definition) is 6. The number of nitrogens with zero attached hydrogens (tertiary/aromatic N) is 4. The van der Waals surface area contributed by atoms with Gasteiger partial charge in [0.15, 0.2) is 5.96 Å². The molecule has 0 spiro atoms. The van der Waals surface area contributed by atoms with Crippen LogP contribution >= 0.6 is 35.3 Å². The summed E-state index contributed by atoms with van der Waals surface area (Å²) in [6, 6.07) is 8.72. The zero-order chi connectivity index (χ0) is 22.2. The number of aliphatic imine (C=N–C) groups is 1. The van der Waals surface area contributed by atoms with E-state index in [1.165, 1.54) is 18.4 Å². The monoisotopic (exact) mass is 573 g/mol. The molecule has 0 saturated carbocycles. The molecule has 2 atom stereocenters. The number of aromatic nitrogens is 1. The topological polar surface area (TPSA) is 62.2 Å². The van der Waals surface area contributed by atoms with Gasteiger partial charge in [0.2, 0.25) is 0 Å². The first-order valence-corrected chi connectivity index (χ1v) is 11.7. The highest BCUT2D eigenvalue weighted by Crippen LogP contribution is 2.26. The molecule has 2 unspecified atom stereocenters. The molecular formula is C23H36IN5O2S. The predicted octanol–water partition coefficient (Wildman–Crippen LogP) is 4.32. The van der Waals surface area contributed by atoms with Gasteiger partial charge in [-0.15, -0.1) is 35.3 Å². The minimum absolute atomic E-state index is 0. The van der Waals surface area contributed by atoms with Gasteiger partial charge in [-0.2, -0.15) is 0 Å². The maximum Gasteiger partial charge on any atom is 0.193 e. The van der Waals surface area contributed by atoms with Gasteiger partial charge in [-0.3, -0.25) is 9.89 Å². The summed E-state index contributed by atoms with van der Waals surface area (Å²) in [7, 11) is 7.29. The fraction of sp³-hybridized carbons (Fsp3) is 0.565. The van der Waals surface area contributed by atoms with Crippen molar-refractivity contribution in [1.29, 1.82) is 0 Å². The minimum atomic E-state index is 0. The molecule has 1 N–H and O–H groups in total. The van der Waals surface area contributed by atoms with Crippen LogP contribution < -0.4 is 10.1 Å². The van der Waals surface area contributed by atoms with Gasteiger partial charge in [-0.1, -0.05) is 12.1 Å². The molecule has 1 aromatic heterocycles. The van der Waals surface area contributed by atoms with E-state index in [1.54, 1.807) is 25.6 Å². The number of halogens is 1. The number of likely N-dealkylation sites (tertiary alicyclic amines) is 1.